The van der Waals surface area contributed by atoms with E-state index in [1.165, 1.54) is 12.1 Å². The summed E-state index contributed by atoms with van der Waals surface area (Å²) in [6.07, 6.45) is 0. The maximum absolute atomic E-state index is 9.06. The number of aromatic hydroxyl groups is 1. The highest BCUT2D eigenvalue weighted by Crippen LogP contribution is 2.23. The summed E-state index contributed by atoms with van der Waals surface area (Å²) in [4.78, 5) is 4.71. The molecule has 0 bridgehead atoms. The van der Waals surface area contributed by atoms with Crippen LogP contribution in [0.1, 0.15) is 0 Å². The van der Waals surface area contributed by atoms with Crippen molar-refractivity contribution >= 4 is 34.9 Å². The average Bonchev–Trinajstić information content (AvgIpc) is 2.03. The van der Waals surface area contributed by atoms with E-state index in [9.17, 15) is 0 Å². The van der Waals surface area contributed by atoms with E-state index in [0.29, 0.717) is 11.4 Å². The molecule has 0 heterocycles. The molecule has 0 fully saturated rings. The molecule has 0 unspecified atom stereocenters. The van der Waals surface area contributed by atoms with Crippen molar-refractivity contribution < 1.29 is 5.11 Å². The number of halogens is 2. The molecule has 1 aromatic carbocycles. The first-order valence-corrected chi connectivity index (χ1v) is 3.59. The van der Waals surface area contributed by atoms with Crippen molar-refractivity contribution in [2.75, 3.05) is 9.67 Å². The number of nitrogens with one attached hydrogen (secondary N) is 2. The predicted octanol–water partition coefficient (Wildman–Crippen LogP) is 2.52. The third kappa shape index (κ3) is 2.06. The van der Waals surface area contributed by atoms with Crippen molar-refractivity contribution in [1.82, 2.24) is 0 Å². The number of anilines is 2. The standard InChI is InChI=1S/C6H6Cl2N2O/c7-9-4-1-5(10-8)3-6(11)2-4/h1-3,9-11H. The average molecular weight is 193 g/mol. The first kappa shape index (κ1) is 8.30. The number of phenols is 1. The second kappa shape index (κ2) is 3.55. The van der Waals surface area contributed by atoms with Gasteiger partial charge >= 0.3 is 0 Å². The fourth-order valence-electron chi connectivity index (χ4n) is 0.720. The molecule has 1 aromatic rings. The van der Waals surface area contributed by atoms with Gasteiger partial charge < -0.3 is 5.11 Å². The summed E-state index contributed by atoms with van der Waals surface area (Å²) in [7, 11) is 0. The maximum atomic E-state index is 9.06. The van der Waals surface area contributed by atoms with Gasteiger partial charge in [-0.1, -0.05) is 0 Å². The topological polar surface area (TPSA) is 44.3 Å². The van der Waals surface area contributed by atoms with Crippen LogP contribution in [0.5, 0.6) is 5.75 Å². The zero-order valence-corrected chi connectivity index (χ0v) is 6.95. The van der Waals surface area contributed by atoms with Gasteiger partial charge in [0.15, 0.2) is 0 Å². The molecule has 0 aliphatic carbocycles. The van der Waals surface area contributed by atoms with Crippen molar-refractivity contribution in [2.24, 2.45) is 0 Å². The third-order valence-electron chi connectivity index (χ3n) is 1.14. The van der Waals surface area contributed by atoms with Crippen LogP contribution in [-0.2, 0) is 0 Å². The van der Waals surface area contributed by atoms with E-state index in [1.807, 2.05) is 0 Å². The van der Waals surface area contributed by atoms with E-state index in [2.05, 4.69) is 9.67 Å². The Labute approximate surface area is 74.2 Å². The summed E-state index contributed by atoms with van der Waals surface area (Å²) < 4.78 is 0. The molecule has 0 spiro atoms. The Morgan fingerprint density at radius 3 is 1.82 bits per heavy atom. The molecule has 0 radical (unpaired) electrons. The molecule has 3 nitrogen and oxygen atoms in total. The van der Waals surface area contributed by atoms with Gasteiger partial charge in [-0.05, 0) is 6.07 Å². The van der Waals surface area contributed by atoms with Gasteiger partial charge in [-0.25, -0.2) is 0 Å². The fraction of sp³-hybridized carbons (Fsp3) is 0. The lowest BCUT2D eigenvalue weighted by molar-refractivity contribution is 0.476. The van der Waals surface area contributed by atoms with E-state index < -0.39 is 0 Å². The quantitative estimate of drug-likeness (QED) is 0.632. The molecule has 0 saturated heterocycles. The maximum Gasteiger partial charge on any atom is 0.119 e. The van der Waals surface area contributed by atoms with E-state index in [-0.39, 0.29) is 5.75 Å². The summed E-state index contributed by atoms with van der Waals surface area (Å²) in [6.45, 7) is 0. The minimum Gasteiger partial charge on any atom is -0.508 e. The molecule has 11 heavy (non-hydrogen) atoms. The Morgan fingerprint density at radius 1 is 1.00 bits per heavy atom. The molecule has 5 heteroatoms. The molecule has 0 aromatic heterocycles. The predicted molar refractivity (Wildman–Crippen MR) is 47.1 cm³/mol. The number of phenolic OH excluding ortho intramolecular Hbond substituents is 1. The fourth-order valence-corrected chi connectivity index (χ4v) is 0.939. The van der Waals surface area contributed by atoms with Crippen LogP contribution in [0.15, 0.2) is 18.2 Å². The lowest BCUT2D eigenvalue weighted by atomic mass is 10.3. The SMILES string of the molecule is Oc1cc(NCl)cc(NCl)c1. The van der Waals surface area contributed by atoms with Gasteiger partial charge in [0.2, 0.25) is 0 Å². The van der Waals surface area contributed by atoms with E-state index >= 15 is 0 Å². The summed E-state index contributed by atoms with van der Waals surface area (Å²) >= 11 is 10.6. The van der Waals surface area contributed by atoms with Gasteiger partial charge in [-0.3, -0.25) is 9.67 Å². The highest BCUT2D eigenvalue weighted by Gasteiger charge is 1.96. The summed E-state index contributed by atoms with van der Waals surface area (Å²) in [5.41, 5.74) is 1.16. The summed E-state index contributed by atoms with van der Waals surface area (Å²) in [5, 5.41) is 9.06. The minimum atomic E-state index is 0.0961. The molecule has 0 aliphatic rings. The van der Waals surface area contributed by atoms with E-state index in [1.54, 1.807) is 6.07 Å². The number of hydrogen-bond donors (Lipinski definition) is 3. The summed E-state index contributed by atoms with van der Waals surface area (Å²) in [6, 6.07) is 4.61. The minimum absolute atomic E-state index is 0.0961. The van der Waals surface area contributed by atoms with E-state index in [0.717, 1.165) is 0 Å². The van der Waals surface area contributed by atoms with E-state index in [4.69, 9.17) is 28.7 Å². The molecule has 60 valence electrons. The Morgan fingerprint density at radius 2 is 1.45 bits per heavy atom. The van der Waals surface area contributed by atoms with Crippen LogP contribution >= 0.6 is 23.6 Å². The van der Waals surface area contributed by atoms with Crippen LogP contribution in [0.4, 0.5) is 11.4 Å². The van der Waals surface area contributed by atoms with Crippen LogP contribution in [0.2, 0.25) is 0 Å². The lowest BCUT2D eigenvalue weighted by Gasteiger charge is -2.02. The zero-order valence-electron chi connectivity index (χ0n) is 5.44. The van der Waals surface area contributed by atoms with Crippen molar-refractivity contribution in [3.8, 4) is 5.75 Å². The number of hydrogen-bond acceptors (Lipinski definition) is 3. The van der Waals surface area contributed by atoms with Crippen molar-refractivity contribution in [3.05, 3.63) is 18.2 Å². The van der Waals surface area contributed by atoms with Crippen LogP contribution in [-0.4, -0.2) is 5.11 Å². The molecule has 0 saturated carbocycles. The largest absolute Gasteiger partial charge is 0.508 e. The smallest absolute Gasteiger partial charge is 0.119 e. The first-order chi connectivity index (χ1) is 5.26. The second-order valence-corrected chi connectivity index (χ2v) is 2.34. The van der Waals surface area contributed by atoms with Crippen LogP contribution in [0.3, 0.4) is 0 Å². The monoisotopic (exact) mass is 192 g/mol. The molecule has 0 amide bonds. The summed E-state index contributed by atoms with van der Waals surface area (Å²) in [5.74, 6) is 0.0961. The second-order valence-electron chi connectivity index (χ2n) is 1.96. The third-order valence-corrected chi connectivity index (χ3v) is 1.57. The van der Waals surface area contributed by atoms with Gasteiger partial charge in [0.1, 0.15) is 5.75 Å². The Bertz CT molecular complexity index is 232. The molecule has 0 atom stereocenters. The molecular weight excluding hydrogens is 187 g/mol. The Balaban J connectivity index is 3.02. The van der Waals surface area contributed by atoms with Crippen molar-refractivity contribution in [2.45, 2.75) is 0 Å². The zero-order chi connectivity index (χ0) is 8.27. The van der Waals surface area contributed by atoms with Gasteiger partial charge in [-0.15, -0.1) is 0 Å². The highest BCUT2D eigenvalue weighted by molar-refractivity contribution is 6.25. The highest BCUT2D eigenvalue weighted by atomic mass is 35.5. The molecule has 1 rings (SSSR count). The van der Waals surface area contributed by atoms with Crippen LogP contribution < -0.4 is 9.67 Å². The lowest BCUT2D eigenvalue weighted by Crippen LogP contribution is -1.83. The molecule has 0 aliphatic heterocycles. The number of rotatable bonds is 2. The van der Waals surface area contributed by atoms with Crippen LogP contribution in [0.25, 0.3) is 0 Å². The van der Waals surface area contributed by atoms with Crippen LogP contribution in [0, 0.1) is 0 Å². The number of benzene rings is 1. The van der Waals surface area contributed by atoms with Crippen molar-refractivity contribution in [3.63, 3.8) is 0 Å². The first-order valence-electron chi connectivity index (χ1n) is 2.83. The Kier molecular flexibility index (Phi) is 2.68. The van der Waals surface area contributed by atoms with Gasteiger partial charge in [-0.2, -0.15) is 0 Å². The molecule has 3 N–H and O–H groups in total. The van der Waals surface area contributed by atoms with Gasteiger partial charge in [0.05, 0.1) is 11.4 Å². The van der Waals surface area contributed by atoms with Gasteiger partial charge in [0, 0.05) is 35.7 Å². The normalized spacial score (nSPS) is 9.27. The Hall–Kier alpha value is -0.800. The van der Waals surface area contributed by atoms with Gasteiger partial charge in [0.25, 0.3) is 0 Å². The molecular formula is C6H6Cl2N2O. The van der Waals surface area contributed by atoms with Crippen molar-refractivity contribution in [1.29, 1.82) is 0 Å².